The highest BCUT2D eigenvalue weighted by Gasteiger charge is 2.12. The van der Waals surface area contributed by atoms with Crippen LogP contribution in [0.3, 0.4) is 0 Å². The molecule has 2 rings (SSSR count). The molecule has 78 valence electrons. The van der Waals surface area contributed by atoms with Crippen molar-refractivity contribution in [1.29, 1.82) is 0 Å². The Hall–Kier alpha value is -1.57. The molecule has 0 radical (unpaired) electrons. The van der Waals surface area contributed by atoms with Crippen LogP contribution in [0.1, 0.15) is 24.7 Å². The van der Waals surface area contributed by atoms with E-state index in [9.17, 15) is 5.21 Å². The highest BCUT2D eigenvalue weighted by Crippen LogP contribution is 2.17. The van der Waals surface area contributed by atoms with Crippen LogP contribution in [0.4, 0.5) is 0 Å². The summed E-state index contributed by atoms with van der Waals surface area (Å²) >= 11 is 0. The quantitative estimate of drug-likeness (QED) is 0.542. The van der Waals surface area contributed by atoms with Gasteiger partial charge in [0.15, 0.2) is 5.69 Å². The van der Waals surface area contributed by atoms with Gasteiger partial charge in [-0.25, -0.2) is 0 Å². The highest BCUT2D eigenvalue weighted by molar-refractivity contribution is 5.83. The number of benzene rings is 1. The van der Waals surface area contributed by atoms with Crippen LogP contribution in [0.5, 0.6) is 0 Å². The zero-order valence-electron chi connectivity index (χ0n) is 9.16. The number of pyridine rings is 1. The molecule has 0 bridgehead atoms. The van der Waals surface area contributed by atoms with Gasteiger partial charge in [0.1, 0.15) is 0 Å². The maximum atomic E-state index is 11.9. The van der Waals surface area contributed by atoms with Gasteiger partial charge in [0.25, 0.3) is 0 Å². The predicted octanol–water partition coefficient (Wildman–Crippen LogP) is 2.73. The van der Waals surface area contributed by atoms with Gasteiger partial charge >= 0.3 is 0 Å². The Kier molecular flexibility index (Phi) is 2.58. The fraction of sp³-hybridized carbons (Fsp3) is 0.308. The molecule has 0 unspecified atom stereocenters. The maximum Gasteiger partial charge on any atom is 0.200 e. The average Bonchev–Trinajstić information content (AvgIpc) is 2.25. The van der Waals surface area contributed by atoms with Crippen LogP contribution in [-0.2, 0) is 6.42 Å². The molecule has 2 heteroatoms. The van der Waals surface area contributed by atoms with E-state index < -0.39 is 0 Å². The van der Waals surface area contributed by atoms with Crippen molar-refractivity contribution < 1.29 is 4.73 Å². The minimum Gasteiger partial charge on any atom is -0.618 e. The Morgan fingerprint density at radius 2 is 2.00 bits per heavy atom. The molecular weight excluding hydrogens is 186 g/mol. The van der Waals surface area contributed by atoms with E-state index in [1.54, 1.807) is 0 Å². The summed E-state index contributed by atoms with van der Waals surface area (Å²) in [5.41, 5.74) is 1.67. The molecule has 2 nitrogen and oxygen atoms in total. The van der Waals surface area contributed by atoms with E-state index in [1.165, 1.54) is 0 Å². The predicted molar refractivity (Wildman–Crippen MR) is 61.6 cm³/mol. The molecule has 0 aliphatic heterocycles. The first kappa shape index (κ1) is 9.97. The van der Waals surface area contributed by atoms with Gasteiger partial charge in [-0.1, -0.05) is 25.1 Å². The monoisotopic (exact) mass is 201 g/mol. The molecule has 0 aliphatic rings. The summed E-state index contributed by atoms with van der Waals surface area (Å²) in [6, 6.07) is 10.0. The first-order valence-corrected chi connectivity index (χ1v) is 5.35. The summed E-state index contributed by atoms with van der Waals surface area (Å²) in [6.45, 7) is 3.95. The van der Waals surface area contributed by atoms with Crippen molar-refractivity contribution in [2.24, 2.45) is 0 Å². The summed E-state index contributed by atoms with van der Waals surface area (Å²) in [6.07, 6.45) is 1.83. The zero-order valence-corrected chi connectivity index (χ0v) is 9.16. The number of hydrogen-bond acceptors (Lipinski definition) is 1. The molecule has 0 N–H and O–H groups in total. The van der Waals surface area contributed by atoms with Crippen molar-refractivity contribution >= 4 is 10.8 Å². The van der Waals surface area contributed by atoms with Crippen LogP contribution < -0.4 is 4.73 Å². The largest absolute Gasteiger partial charge is 0.618 e. The van der Waals surface area contributed by atoms with E-state index >= 15 is 0 Å². The summed E-state index contributed by atoms with van der Waals surface area (Å²) in [5, 5.41) is 14.1. The van der Waals surface area contributed by atoms with E-state index in [-0.39, 0.29) is 0 Å². The first-order chi connectivity index (χ1) is 7.24. The molecule has 0 saturated carbocycles. The molecule has 0 fully saturated rings. The normalized spacial score (nSPS) is 10.8. The Bertz CT molecular complexity index is 491. The van der Waals surface area contributed by atoms with Gasteiger partial charge < -0.3 is 5.21 Å². The van der Waals surface area contributed by atoms with E-state index in [1.807, 2.05) is 31.2 Å². The molecule has 0 spiro atoms. The Labute approximate surface area is 89.8 Å². The van der Waals surface area contributed by atoms with Gasteiger partial charge in [0.2, 0.25) is 5.69 Å². The molecule has 0 saturated heterocycles. The van der Waals surface area contributed by atoms with E-state index in [4.69, 9.17) is 0 Å². The molecule has 1 aromatic heterocycles. The first-order valence-electron chi connectivity index (χ1n) is 5.35. The van der Waals surface area contributed by atoms with Crippen LogP contribution in [0.2, 0.25) is 0 Å². The fourth-order valence-corrected chi connectivity index (χ4v) is 1.96. The van der Waals surface area contributed by atoms with Gasteiger partial charge in [0.05, 0.1) is 5.39 Å². The van der Waals surface area contributed by atoms with Crippen LogP contribution in [0, 0.1) is 12.1 Å². The second-order valence-electron chi connectivity index (χ2n) is 3.86. The SMILES string of the molecule is CCCc1c2ccccc2cc(C)[n+]1[O-]. The molecule has 1 heterocycles. The molecule has 15 heavy (non-hydrogen) atoms. The van der Waals surface area contributed by atoms with Crippen molar-refractivity contribution in [3.05, 3.63) is 46.9 Å². The third-order valence-corrected chi connectivity index (χ3v) is 2.69. The van der Waals surface area contributed by atoms with Crippen LogP contribution in [-0.4, -0.2) is 0 Å². The molecule has 0 atom stereocenters. The second-order valence-corrected chi connectivity index (χ2v) is 3.86. The Balaban J connectivity index is 2.77. The Morgan fingerprint density at radius 3 is 2.73 bits per heavy atom. The lowest BCUT2D eigenvalue weighted by molar-refractivity contribution is -0.619. The van der Waals surface area contributed by atoms with E-state index in [0.717, 1.165) is 39.7 Å². The number of fused-ring (bicyclic) bond motifs is 1. The van der Waals surface area contributed by atoms with E-state index in [2.05, 4.69) is 13.0 Å². The lowest BCUT2D eigenvalue weighted by Gasteiger charge is -2.09. The van der Waals surface area contributed by atoms with Gasteiger partial charge in [0, 0.05) is 19.4 Å². The van der Waals surface area contributed by atoms with Gasteiger partial charge in [-0.05, 0) is 17.9 Å². The third-order valence-electron chi connectivity index (χ3n) is 2.69. The van der Waals surface area contributed by atoms with Crippen LogP contribution in [0.25, 0.3) is 10.8 Å². The minimum atomic E-state index is 0.775. The molecule has 2 aromatic rings. The summed E-state index contributed by atoms with van der Waals surface area (Å²) < 4.78 is 1.06. The van der Waals surface area contributed by atoms with Crippen LogP contribution in [0.15, 0.2) is 30.3 Å². The standard InChI is InChI=1S/C13H15NO/c1-3-6-13-12-8-5-4-7-11(12)9-10(2)14(13)15/h4-5,7-9H,3,6H2,1-2H3. The van der Waals surface area contributed by atoms with Gasteiger partial charge in [-0.3, -0.25) is 0 Å². The van der Waals surface area contributed by atoms with Gasteiger partial charge in [-0.2, -0.15) is 4.73 Å². The highest BCUT2D eigenvalue weighted by atomic mass is 16.5. The topological polar surface area (TPSA) is 26.9 Å². The van der Waals surface area contributed by atoms with Crippen LogP contribution >= 0.6 is 0 Å². The Morgan fingerprint density at radius 1 is 1.27 bits per heavy atom. The number of aryl methyl sites for hydroxylation is 2. The van der Waals surface area contributed by atoms with Crippen molar-refractivity contribution in [1.82, 2.24) is 0 Å². The third kappa shape index (κ3) is 1.67. The van der Waals surface area contributed by atoms with Gasteiger partial charge in [-0.15, -0.1) is 0 Å². The molecular formula is C13H15NO. The van der Waals surface area contributed by atoms with Crippen molar-refractivity contribution in [2.45, 2.75) is 26.7 Å². The maximum absolute atomic E-state index is 11.9. The van der Waals surface area contributed by atoms with Crippen molar-refractivity contribution in [3.63, 3.8) is 0 Å². The summed E-state index contributed by atoms with van der Waals surface area (Å²) in [5.74, 6) is 0. The van der Waals surface area contributed by atoms with Crippen molar-refractivity contribution in [2.75, 3.05) is 0 Å². The van der Waals surface area contributed by atoms with Crippen molar-refractivity contribution in [3.8, 4) is 0 Å². The number of nitrogens with zero attached hydrogens (tertiary/aromatic N) is 1. The molecule has 1 aromatic carbocycles. The molecule has 0 amide bonds. The summed E-state index contributed by atoms with van der Waals surface area (Å²) in [4.78, 5) is 0. The lowest BCUT2D eigenvalue weighted by atomic mass is 10.1. The number of rotatable bonds is 2. The fourth-order valence-electron chi connectivity index (χ4n) is 1.96. The zero-order chi connectivity index (χ0) is 10.8. The number of hydrogen-bond donors (Lipinski definition) is 0. The second kappa shape index (κ2) is 3.89. The minimum absolute atomic E-state index is 0.775. The van der Waals surface area contributed by atoms with E-state index in [0.29, 0.717) is 0 Å². The average molecular weight is 201 g/mol. The number of aromatic nitrogens is 1. The summed E-state index contributed by atoms with van der Waals surface area (Å²) in [7, 11) is 0. The molecule has 0 aliphatic carbocycles. The smallest absolute Gasteiger partial charge is 0.200 e. The lowest BCUT2D eigenvalue weighted by Crippen LogP contribution is -2.35.